The molecule has 0 saturated carbocycles. The third-order valence-electron chi connectivity index (χ3n) is 3.72. The van der Waals surface area contributed by atoms with Crippen LogP contribution < -0.4 is 0 Å². The standard InChI is InChI=1S/C17H23NO2/c1-2-3-4-5-8-11-18-13-14(12-17(19)20)15-9-6-7-10-16(15)18/h6-7,9-10,13H,2-5,8,11-12H2,1H3,(H,19,20). The Morgan fingerprint density at radius 2 is 1.90 bits per heavy atom. The van der Waals surface area contributed by atoms with E-state index in [1.54, 1.807) is 0 Å². The molecule has 1 aromatic carbocycles. The number of aromatic nitrogens is 1. The Morgan fingerprint density at radius 3 is 2.65 bits per heavy atom. The zero-order valence-corrected chi connectivity index (χ0v) is 12.1. The van der Waals surface area contributed by atoms with Gasteiger partial charge in [-0.3, -0.25) is 4.79 Å². The molecule has 2 rings (SSSR count). The fourth-order valence-corrected chi connectivity index (χ4v) is 2.70. The van der Waals surface area contributed by atoms with Gasteiger partial charge in [0.15, 0.2) is 0 Å². The Balaban J connectivity index is 2.10. The molecule has 3 heteroatoms. The molecule has 0 bridgehead atoms. The summed E-state index contributed by atoms with van der Waals surface area (Å²) in [7, 11) is 0. The van der Waals surface area contributed by atoms with Crippen molar-refractivity contribution in [3.05, 3.63) is 36.0 Å². The lowest BCUT2D eigenvalue weighted by atomic mass is 10.1. The van der Waals surface area contributed by atoms with Crippen molar-refractivity contribution in [2.75, 3.05) is 0 Å². The number of benzene rings is 1. The van der Waals surface area contributed by atoms with Crippen LogP contribution in [0.1, 0.15) is 44.6 Å². The maximum absolute atomic E-state index is 10.9. The first-order chi connectivity index (χ1) is 9.72. The molecule has 3 nitrogen and oxygen atoms in total. The largest absolute Gasteiger partial charge is 0.481 e. The average molecular weight is 273 g/mol. The lowest BCUT2D eigenvalue weighted by molar-refractivity contribution is -0.136. The molecule has 0 saturated heterocycles. The van der Waals surface area contributed by atoms with Crippen molar-refractivity contribution in [2.45, 2.75) is 52.0 Å². The summed E-state index contributed by atoms with van der Waals surface area (Å²) in [4.78, 5) is 10.9. The van der Waals surface area contributed by atoms with E-state index >= 15 is 0 Å². The van der Waals surface area contributed by atoms with Gasteiger partial charge in [0.05, 0.1) is 6.42 Å². The molecule has 1 aromatic heterocycles. The van der Waals surface area contributed by atoms with E-state index in [-0.39, 0.29) is 6.42 Å². The number of carboxylic acid groups (broad SMARTS) is 1. The monoisotopic (exact) mass is 273 g/mol. The second-order valence-electron chi connectivity index (χ2n) is 5.35. The van der Waals surface area contributed by atoms with Gasteiger partial charge < -0.3 is 9.67 Å². The highest BCUT2D eigenvalue weighted by atomic mass is 16.4. The number of carbonyl (C=O) groups is 1. The molecular formula is C17H23NO2. The van der Waals surface area contributed by atoms with Crippen LogP contribution in [0.25, 0.3) is 10.9 Å². The number of hydrogen-bond acceptors (Lipinski definition) is 1. The van der Waals surface area contributed by atoms with Crippen molar-refractivity contribution in [3.8, 4) is 0 Å². The molecule has 0 aliphatic rings. The molecule has 1 heterocycles. The number of nitrogens with zero attached hydrogens (tertiary/aromatic N) is 1. The Morgan fingerprint density at radius 1 is 1.15 bits per heavy atom. The number of rotatable bonds is 8. The quantitative estimate of drug-likeness (QED) is 0.731. The van der Waals surface area contributed by atoms with Gasteiger partial charge in [-0.1, -0.05) is 50.8 Å². The highest BCUT2D eigenvalue weighted by molar-refractivity contribution is 5.87. The van der Waals surface area contributed by atoms with Gasteiger partial charge in [-0.25, -0.2) is 0 Å². The van der Waals surface area contributed by atoms with Crippen LogP contribution in [0.3, 0.4) is 0 Å². The maximum atomic E-state index is 10.9. The molecule has 2 aromatic rings. The fourth-order valence-electron chi connectivity index (χ4n) is 2.70. The first kappa shape index (κ1) is 14.6. The van der Waals surface area contributed by atoms with Gasteiger partial charge in [-0.15, -0.1) is 0 Å². The number of aryl methyl sites for hydroxylation is 1. The number of fused-ring (bicyclic) bond motifs is 1. The molecule has 0 spiro atoms. The average Bonchev–Trinajstić information content (AvgIpc) is 2.77. The van der Waals surface area contributed by atoms with Crippen LogP contribution in [0.4, 0.5) is 0 Å². The normalized spacial score (nSPS) is 11.1. The van der Waals surface area contributed by atoms with Crippen LogP contribution in [0.2, 0.25) is 0 Å². The van der Waals surface area contributed by atoms with E-state index in [9.17, 15) is 4.79 Å². The summed E-state index contributed by atoms with van der Waals surface area (Å²) in [6.45, 7) is 3.20. The zero-order valence-electron chi connectivity index (χ0n) is 12.1. The lowest BCUT2D eigenvalue weighted by Crippen LogP contribution is -1.99. The maximum Gasteiger partial charge on any atom is 0.307 e. The van der Waals surface area contributed by atoms with Gasteiger partial charge in [0.1, 0.15) is 0 Å². The summed E-state index contributed by atoms with van der Waals surface area (Å²) in [5, 5.41) is 10.1. The number of para-hydroxylation sites is 1. The van der Waals surface area contributed by atoms with E-state index in [0.717, 1.165) is 29.4 Å². The van der Waals surface area contributed by atoms with Crippen LogP contribution in [0, 0.1) is 0 Å². The van der Waals surface area contributed by atoms with Gasteiger partial charge >= 0.3 is 5.97 Å². The lowest BCUT2D eigenvalue weighted by Gasteiger charge is -2.05. The summed E-state index contributed by atoms with van der Waals surface area (Å²) in [6.07, 6.45) is 8.37. The summed E-state index contributed by atoms with van der Waals surface area (Å²) in [6, 6.07) is 8.08. The third-order valence-corrected chi connectivity index (χ3v) is 3.72. The van der Waals surface area contributed by atoms with E-state index in [2.05, 4.69) is 17.6 Å². The van der Waals surface area contributed by atoms with E-state index in [1.807, 2.05) is 24.4 Å². The number of hydrogen-bond donors (Lipinski definition) is 1. The van der Waals surface area contributed by atoms with Crippen LogP contribution >= 0.6 is 0 Å². The molecule has 20 heavy (non-hydrogen) atoms. The van der Waals surface area contributed by atoms with E-state index in [4.69, 9.17) is 5.11 Å². The van der Waals surface area contributed by atoms with Crippen molar-refractivity contribution in [3.63, 3.8) is 0 Å². The van der Waals surface area contributed by atoms with Gasteiger partial charge in [0.2, 0.25) is 0 Å². The van der Waals surface area contributed by atoms with Crippen molar-refractivity contribution < 1.29 is 9.90 Å². The number of unbranched alkanes of at least 4 members (excludes halogenated alkanes) is 4. The molecule has 108 valence electrons. The Hall–Kier alpha value is -1.77. The molecular weight excluding hydrogens is 250 g/mol. The Kier molecular flexibility index (Phi) is 5.22. The van der Waals surface area contributed by atoms with Crippen LogP contribution in [-0.4, -0.2) is 15.6 Å². The first-order valence-electron chi connectivity index (χ1n) is 7.51. The molecule has 0 amide bonds. The van der Waals surface area contributed by atoms with Crippen molar-refractivity contribution >= 4 is 16.9 Å². The fraction of sp³-hybridized carbons (Fsp3) is 0.471. The van der Waals surface area contributed by atoms with Gasteiger partial charge in [0.25, 0.3) is 0 Å². The highest BCUT2D eigenvalue weighted by Crippen LogP contribution is 2.22. The Bertz CT molecular complexity index is 571. The van der Waals surface area contributed by atoms with Crippen molar-refractivity contribution in [1.29, 1.82) is 0 Å². The van der Waals surface area contributed by atoms with Crippen molar-refractivity contribution in [1.82, 2.24) is 4.57 Å². The SMILES string of the molecule is CCCCCCCn1cc(CC(=O)O)c2ccccc21. The predicted molar refractivity (Wildman–Crippen MR) is 82.0 cm³/mol. The highest BCUT2D eigenvalue weighted by Gasteiger charge is 2.10. The second kappa shape index (κ2) is 7.13. The van der Waals surface area contributed by atoms with Crippen molar-refractivity contribution in [2.24, 2.45) is 0 Å². The third kappa shape index (κ3) is 3.62. The summed E-state index contributed by atoms with van der Waals surface area (Å²) >= 11 is 0. The zero-order chi connectivity index (χ0) is 14.4. The van der Waals surface area contributed by atoms with E-state index < -0.39 is 5.97 Å². The topological polar surface area (TPSA) is 42.2 Å². The van der Waals surface area contributed by atoms with Gasteiger partial charge in [-0.2, -0.15) is 0 Å². The molecule has 0 radical (unpaired) electrons. The summed E-state index contributed by atoms with van der Waals surface area (Å²) in [5.41, 5.74) is 2.07. The first-order valence-corrected chi connectivity index (χ1v) is 7.51. The number of carboxylic acids is 1. The minimum atomic E-state index is -0.768. The van der Waals surface area contributed by atoms with E-state index in [0.29, 0.717) is 0 Å². The minimum absolute atomic E-state index is 0.101. The molecule has 0 atom stereocenters. The van der Waals surface area contributed by atoms with Gasteiger partial charge in [0, 0.05) is 23.6 Å². The molecule has 0 fully saturated rings. The molecule has 0 aliphatic heterocycles. The molecule has 0 aliphatic carbocycles. The van der Waals surface area contributed by atoms with E-state index in [1.165, 1.54) is 25.7 Å². The minimum Gasteiger partial charge on any atom is -0.481 e. The van der Waals surface area contributed by atoms with Gasteiger partial charge in [-0.05, 0) is 18.1 Å². The molecule has 0 unspecified atom stereocenters. The molecule has 1 N–H and O–H groups in total. The van der Waals surface area contributed by atoms with Crippen LogP contribution in [-0.2, 0) is 17.8 Å². The predicted octanol–water partition coefficient (Wildman–Crippen LogP) is 4.24. The van der Waals surface area contributed by atoms with Crippen LogP contribution in [0.15, 0.2) is 30.5 Å². The summed E-state index contributed by atoms with van der Waals surface area (Å²) < 4.78 is 2.21. The second-order valence-corrected chi connectivity index (χ2v) is 5.35. The smallest absolute Gasteiger partial charge is 0.307 e. The Labute approximate surface area is 120 Å². The summed E-state index contributed by atoms with van der Waals surface area (Å²) in [5.74, 6) is -0.768. The number of aliphatic carboxylic acids is 1. The van der Waals surface area contributed by atoms with Crippen LogP contribution in [0.5, 0.6) is 0 Å².